The Morgan fingerprint density at radius 2 is 2.16 bits per heavy atom. The maximum Gasteiger partial charge on any atom is 0.272 e. The summed E-state index contributed by atoms with van der Waals surface area (Å²) in [5.41, 5.74) is 1.67. The van der Waals surface area contributed by atoms with Gasteiger partial charge in [-0.15, -0.1) is 0 Å². The fourth-order valence-electron chi connectivity index (χ4n) is 1.76. The van der Waals surface area contributed by atoms with Crippen LogP contribution in [0.25, 0.3) is 0 Å². The molecule has 2 aromatic heterocycles. The minimum absolute atomic E-state index is 0.0780. The summed E-state index contributed by atoms with van der Waals surface area (Å²) in [7, 11) is 1.63. The molecule has 2 rings (SSSR count). The minimum atomic E-state index is -0.670. The second-order valence-electron chi connectivity index (χ2n) is 4.31. The van der Waals surface area contributed by atoms with Crippen LogP contribution in [0.5, 0.6) is 0 Å². The molecule has 0 fully saturated rings. The fourth-order valence-corrected chi connectivity index (χ4v) is 1.76. The van der Waals surface area contributed by atoms with Gasteiger partial charge in [-0.3, -0.25) is 4.79 Å². The van der Waals surface area contributed by atoms with Crippen molar-refractivity contribution in [2.75, 3.05) is 7.05 Å². The van der Waals surface area contributed by atoms with Gasteiger partial charge in [-0.25, -0.2) is 4.98 Å². The summed E-state index contributed by atoms with van der Waals surface area (Å²) >= 11 is 0. The number of amides is 1. The maximum atomic E-state index is 13.0. The number of halogens is 1. The van der Waals surface area contributed by atoms with Crippen molar-refractivity contribution in [1.29, 1.82) is 0 Å². The van der Waals surface area contributed by atoms with Crippen LogP contribution in [0.15, 0.2) is 22.7 Å². The highest BCUT2D eigenvalue weighted by molar-refractivity contribution is 5.92. The molecule has 0 aliphatic rings. The topological polar surface area (TPSA) is 59.2 Å². The Morgan fingerprint density at radius 1 is 1.42 bits per heavy atom. The van der Waals surface area contributed by atoms with E-state index in [0.29, 0.717) is 12.3 Å². The third-order valence-corrected chi connectivity index (χ3v) is 2.86. The van der Waals surface area contributed by atoms with Crippen LogP contribution in [0.1, 0.15) is 27.5 Å². The van der Waals surface area contributed by atoms with Crippen LogP contribution < -0.4 is 0 Å². The molecule has 0 aliphatic heterocycles. The molecule has 2 aromatic rings. The SMILES string of the molecule is Cc1noc(C)c1CN(C)C(=O)c1cccc(F)n1. The Morgan fingerprint density at radius 3 is 2.74 bits per heavy atom. The van der Waals surface area contributed by atoms with E-state index in [4.69, 9.17) is 4.52 Å². The molecular weight excluding hydrogens is 249 g/mol. The Labute approximate surface area is 110 Å². The standard InChI is InChI=1S/C13H14FN3O2/c1-8-10(9(2)19-16-8)7-17(3)13(18)11-5-4-6-12(14)15-11/h4-6H,7H2,1-3H3. The Hall–Kier alpha value is -2.24. The molecule has 100 valence electrons. The van der Waals surface area contributed by atoms with Crippen molar-refractivity contribution in [3.05, 3.63) is 46.9 Å². The van der Waals surface area contributed by atoms with Crippen molar-refractivity contribution in [1.82, 2.24) is 15.0 Å². The van der Waals surface area contributed by atoms with Crippen LogP contribution in [-0.4, -0.2) is 28.0 Å². The minimum Gasteiger partial charge on any atom is -0.361 e. The Balaban J connectivity index is 2.16. The number of hydrogen-bond acceptors (Lipinski definition) is 4. The number of rotatable bonds is 3. The van der Waals surface area contributed by atoms with Gasteiger partial charge in [0.05, 0.1) is 12.2 Å². The van der Waals surface area contributed by atoms with E-state index in [1.54, 1.807) is 14.0 Å². The summed E-state index contributed by atoms with van der Waals surface area (Å²) in [5.74, 6) is -0.347. The van der Waals surface area contributed by atoms with Crippen LogP contribution in [0, 0.1) is 19.8 Å². The molecule has 0 spiro atoms. The largest absolute Gasteiger partial charge is 0.361 e. The van der Waals surface area contributed by atoms with E-state index in [1.807, 2.05) is 6.92 Å². The number of aryl methyl sites for hydroxylation is 2. The Kier molecular flexibility index (Phi) is 3.59. The maximum absolute atomic E-state index is 13.0. The van der Waals surface area contributed by atoms with Crippen molar-refractivity contribution in [2.45, 2.75) is 20.4 Å². The van der Waals surface area contributed by atoms with E-state index < -0.39 is 5.95 Å². The van der Waals surface area contributed by atoms with Crippen molar-refractivity contribution in [3.63, 3.8) is 0 Å². The lowest BCUT2D eigenvalue weighted by molar-refractivity contribution is 0.0777. The third-order valence-electron chi connectivity index (χ3n) is 2.86. The smallest absolute Gasteiger partial charge is 0.272 e. The van der Waals surface area contributed by atoms with Crippen molar-refractivity contribution in [2.24, 2.45) is 0 Å². The molecule has 0 aliphatic carbocycles. The van der Waals surface area contributed by atoms with Gasteiger partial charge < -0.3 is 9.42 Å². The number of nitrogens with zero attached hydrogens (tertiary/aromatic N) is 3. The molecule has 19 heavy (non-hydrogen) atoms. The highest BCUT2D eigenvalue weighted by Crippen LogP contribution is 2.15. The number of hydrogen-bond donors (Lipinski definition) is 0. The van der Waals surface area contributed by atoms with Gasteiger partial charge in [0.25, 0.3) is 5.91 Å². The lowest BCUT2D eigenvalue weighted by atomic mass is 10.2. The van der Waals surface area contributed by atoms with Crippen molar-refractivity contribution in [3.8, 4) is 0 Å². The molecule has 0 unspecified atom stereocenters. The summed E-state index contributed by atoms with van der Waals surface area (Å²) in [5, 5.41) is 3.83. The summed E-state index contributed by atoms with van der Waals surface area (Å²) < 4.78 is 18.0. The van der Waals surface area contributed by atoms with Gasteiger partial charge in [0.1, 0.15) is 11.5 Å². The van der Waals surface area contributed by atoms with E-state index in [-0.39, 0.29) is 11.6 Å². The van der Waals surface area contributed by atoms with Gasteiger partial charge in [-0.05, 0) is 26.0 Å². The predicted molar refractivity (Wildman–Crippen MR) is 66.0 cm³/mol. The van der Waals surface area contributed by atoms with E-state index in [2.05, 4.69) is 10.1 Å². The van der Waals surface area contributed by atoms with Crippen molar-refractivity contribution < 1.29 is 13.7 Å². The second-order valence-corrected chi connectivity index (χ2v) is 4.31. The van der Waals surface area contributed by atoms with E-state index >= 15 is 0 Å². The molecule has 6 heteroatoms. The average molecular weight is 263 g/mol. The first-order valence-electron chi connectivity index (χ1n) is 5.79. The van der Waals surface area contributed by atoms with Crippen LogP contribution in [0.2, 0.25) is 0 Å². The molecule has 0 atom stereocenters. The van der Waals surface area contributed by atoms with Crippen LogP contribution in [0.4, 0.5) is 4.39 Å². The molecule has 1 amide bonds. The lowest BCUT2D eigenvalue weighted by Gasteiger charge is -2.16. The zero-order valence-corrected chi connectivity index (χ0v) is 11.0. The van der Waals surface area contributed by atoms with Gasteiger partial charge in [-0.2, -0.15) is 4.39 Å². The molecule has 0 aromatic carbocycles. The summed E-state index contributed by atoms with van der Waals surface area (Å²) in [6.45, 7) is 3.94. The molecule has 2 heterocycles. The van der Waals surface area contributed by atoms with Gasteiger partial charge in [0.2, 0.25) is 5.95 Å². The number of carbonyl (C=O) groups excluding carboxylic acids is 1. The molecular formula is C13H14FN3O2. The van der Waals surface area contributed by atoms with E-state index in [1.165, 1.54) is 23.1 Å². The van der Waals surface area contributed by atoms with E-state index in [0.717, 1.165) is 11.3 Å². The first-order chi connectivity index (χ1) is 8.99. The average Bonchev–Trinajstić information content (AvgIpc) is 2.69. The quantitative estimate of drug-likeness (QED) is 0.796. The van der Waals surface area contributed by atoms with Gasteiger partial charge >= 0.3 is 0 Å². The number of aromatic nitrogens is 2. The molecule has 0 saturated heterocycles. The fraction of sp³-hybridized carbons (Fsp3) is 0.308. The second kappa shape index (κ2) is 5.17. The predicted octanol–water partition coefficient (Wildman–Crippen LogP) is 2.10. The summed E-state index contributed by atoms with van der Waals surface area (Å²) in [6.07, 6.45) is 0. The lowest BCUT2D eigenvalue weighted by Crippen LogP contribution is -2.27. The Bertz CT molecular complexity index is 590. The first kappa shape index (κ1) is 13.2. The summed E-state index contributed by atoms with van der Waals surface area (Å²) in [4.78, 5) is 17.1. The van der Waals surface area contributed by atoms with E-state index in [9.17, 15) is 9.18 Å². The molecule has 5 nitrogen and oxygen atoms in total. The molecule has 0 bridgehead atoms. The van der Waals surface area contributed by atoms with Crippen molar-refractivity contribution >= 4 is 5.91 Å². The highest BCUT2D eigenvalue weighted by Gasteiger charge is 2.17. The number of carbonyl (C=O) groups is 1. The molecule has 0 saturated carbocycles. The van der Waals surface area contributed by atoms with Crippen LogP contribution in [0.3, 0.4) is 0 Å². The molecule has 0 N–H and O–H groups in total. The van der Waals surface area contributed by atoms with Crippen LogP contribution >= 0.6 is 0 Å². The summed E-state index contributed by atoms with van der Waals surface area (Å²) in [6, 6.07) is 4.14. The first-order valence-corrected chi connectivity index (χ1v) is 5.79. The number of pyridine rings is 1. The van der Waals surface area contributed by atoms with Gasteiger partial charge in [0.15, 0.2) is 0 Å². The normalized spacial score (nSPS) is 10.5. The highest BCUT2D eigenvalue weighted by atomic mass is 19.1. The third kappa shape index (κ3) is 2.78. The zero-order chi connectivity index (χ0) is 14.0. The van der Waals surface area contributed by atoms with Gasteiger partial charge in [0, 0.05) is 12.6 Å². The monoisotopic (exact) mass is 263 g/mol. The van der Waals surface area contributed by atoms with Gasteiger partial charge in [-0.1, -0.05) is 11.2 Å². The molecule has 0 radical (unpaired) electrons. The van der Waals surface area contributed by atoms with Crippen LogP contribution in [-0.2, 0) is 6.54 Å². The zero-order valence-electron chi connectivity index (χ0n) is 11.0.